The average molecular weight is 232 g/mol. The van der Waals surface area contributed by atoms with Gasteiger partial charge in [0.1, 0.15) is 18.3 Å². The molecule has 0 aromatic heterocycles. The fraction of sp³-hybridized carbons (Fsp3) is 0.333. The van der Waals surface area contributed by atoms with Crippen molar-refractivity contribution in [1.29, 1.82) is 5.26 Å². The molecular formula is C12H12N2O3. The highest BCUT2D eigenvalue weighted by Crippen LogP contribution is 2.26. The normalized spacial score (nSPS) is 14.5. The van der Waals surface area contributed by atoms with Gasteiger partial charge < -0.3 is 14.8 Å². The number of rotatable bonds is 4. The van der Waals surface area contributed by atoms with Gasteiger partial charge in [-0.3, -0.25) is 4.79 Å². The molecule has 1 aliphatic rings. The molecule has 1 heterocycles. The van der Waals surface area contributed by atoms with Crippen LogP contribution in [0.3, 0.4) is 0 Å². The molecule has 1 N–H and O–H groups in total. The molecular weight excluding hydrogens is 220 g/mol. The average Bonchev–Trinajstić information content (AvgIpc) is 2.26. The van der Waals surface area contributed by atoms with E-state index in [4.69, 9.17) is 14.7 Å². The number of carbonyl (C=O) groups excluding carboxylic acids is 1. The molecule has 1 amide bonds. The molecule has 88 valence electrons. The maximum atomic E-state index is 11.3. The highest BCUT2D eigenvalue weighted by molar-refractivity contribution is 5.93. The van der Waals surface area contributed by atoms with Gasteiger partial charge in [0.05, 0.1) is 25.0 Å². The lowest BCUT2D eigenvalue weighted by atomic mass is 10.2. The summed E-state index contributed by atoms with van der Waals surface area (Å²) in [7, 11) is 0. The van der Waals surface area contributed by atoms with Crippen molar-refractivity contribution in [2.45, 2.75) is 12.5 Å². The van der Waals surface area contributed by atoms with Crippen molar-refractivity contribution < 1.29 is 14.3 Å². The van der Waals surface area contributed by atoms with Crippen molar-refractivity contribution in [3.63, 3.8) is 0 Å². The Balaban J connectivity index is 2.04. The van der Waals surface area contributed by atoms with Crippen LogP contribution in [-0.4, -0.2) is 25.2 Å². The van der Waals surface area contributed by atoms with Gasteiger partial charge in [0.2, 0.25) is 5.91 Å². The van der Waals surface area contributed by atoms with Crippen molar-refractivity contribution in [3.05, 3.63) is 24.3 Å². The van der Waals surface area contributed by atoms with Crippen molar-refractivity contribution in [2.75, 3.05) is 18.5 Å². The van der Waals surface area contributed by atoms with Crippen LogP contribution in [0.1, 0.15) is 6.42 Å². The first kappa shape index (κ1) is 11.4. The summed E-state index contributed by atoms with van der Waals surface area (Å²) in [5.74, 6) is 0.264. The SMILES string of the molecule is N#CCC(=O)Nc1ccccc1OC1COC1. The second-order valence-corrected chi connectivity index (χ2v) is 3.66. The van der Waals surface area contributed by atoms with Crippen LogP contribution in [0.15, 0.2) is 24.3 Å². The van der Waals surface area contributed by atoms with Gasteiger partial charge in [-0.05, 0) is 12.1 Å². The molecule has 0 atom stereocenters. The summed E-state index contributed by atoms with van der Waals surface area (Å²) in [5.41, 5.74) is 0.583. The van der Waals surface area contributed by atoms with E-state index in [1.54, 1.807) is 24.3 Å². The number of hydrogen-bond donors (Lipinski definition) is 1. The summed E-state index contributed by atoms with van der Waals surface area (Å²) in [4.78, 5) is 11.3. The summed E-state index contributed by atoms with van der Waals surface area (Å²) >= 11 is 0. The minimum Gasteiger partial charge on any atom is -0.483 e. The minimum absolute atomic E-state index is 0.0454. The molecule has 0 aliphatic carbocycles. The van der Waals surface area contributed by atoms with Crippen LogP contribution in [0.5, 0.6) is 5.75 Å². The molecule has 1 aromatic carbocycles. The van der Waals surface area contributed by atoms with Gasteiger partial charge in [-0.2, -0.15) is 5.26 Å². The fourth-order valence-corrected chi connectivity index (χ4v) is 1.40. The highest BCUT2D eigenvalue weighted by atomic mass is 16.6. The van der Waals surface area contributed by atoms with Crippen LogP contribution < -0.4 is 10.1 Å². The van der Waals surface area contributed by atoms with Crippen molar-refractivity contribution >= 4 is 11.6 Å². The summed E-state index contributed by atoms with van der Waals surface area (Å²) in [6.07, 6.45) is -0.120. The summed E-state index contributed by atoms with van der Waals surface area (Å²) in [6.45, 7) is 1.14. The molecule has 5 nitrogen and oxygen atoms in total. The lowest BCUT2D eigenvalue weighted by Gasteiger charge is -2.27. The van der Waals surface area contributed by atoms with Crippen molar-refractivity contribution in [1.82, 2.24) is 0 Å². The first-order valence-corrected chi connectivity index (χ1v) is 5.30. The van der Waals surface area contributed by atoms with Crippen LogP contribution in [0.4, 0.5) is 5.69 Å². The van der Waals surface area contributed by atoms with Gasteiger partial charge in [0.25, 0.3) is 0 Å². The molecule has 1 aliphatic heterocycles. The van der Waals surface area contributed by atoms with E-state index in [1.807, 2.05) is 6.07 Å². The number of hydrogen-bond acceptors (Lipinski definition) is 4. The number of ether oxygens (including phenoxy) is 2. The third-order valence-electron chi connectivity index (χ3n) is 2.30. The molecule has 5 heteroatoms. The first-order chi connectivity index (χ1) is 8.29. The number of nitriles is 1. The molecule has 1 fully saturated rings. The third-order valence-corrected chi connectivity index (χ3v) is 2.30. The zero-order chi connectivity index (χ0) is 12.1. The molecule has 0 bridgehead atoms. The third kappa shape index (κ3) is 2.95. The number of anilines is 1. The van der Waals surface area contributed by atoms with Gasteiger partial charge in [-0.1, -0.05) is 12.1 Å². The van der Waals surface area contributed by atoms with Crippen LogP contribution in [0, 0.1) is 11.3 Å². The Bertz CT molecular complexity index is 449. The van der Waals surface area contributed by atoms with Crippen LogP contribution in [-0.2, 0) is 9.53 Å². The van der Waals surface area contributed by atoms with Gasteiger partial charge >= 0.3 is 0 Å². The Morgan fingerprint density at radius 1 is 1.53 bits per heavy atom. The second-order valence-electron chi connectivity index (χ2n) is 3.66. The summed E-state index contributed by atoms with van der Waals surface area (Å²) in [6, 6.07) is 8.94. The van der Waals surface area contributed by atoms with E-state index in [0.29, 0.717) is 24.7 Å². The largest absolute Gasteiger partial charge is 0.483 e. The Labute approximate surface area is 98.9 Å². The molecule has 2 rings (SSSR count). The number of carbonyl (C=O) groups is 1. The predicted molar refractivity (Wildman–Crippen MR) is 60.5 cm³/mol. The lowest BCUT2D eigenvalue weighted by molar-refractivity contribution is -0.115. The molecule has 0 spiro atoms. The standard InChI is InChI=1S/C12H12N2O3/c13-6-5-12(15)14-10-3-1-2-4-11(10)17-9-7-16-8-9/h1-4,9H,5,7-8H2,(H,14,15). The second kappa shape index (κ2) is 5.32. The Hall–Kier alpha value is -2.06. The molecule has 17 heavy (non-hydrogen) atoms. The number of nitrogens with zero attached hydrogens (tertiary/aromatic N) is 1. The van der Waals surface area contributed by atoms with E-state index < -0.39 is 0 Å². The summed E-state index contributed by atoms with van der Waals surface area (Å²) < 4.78 is 10.6. The van der Waals surface area contributed by atoms with E-state index in [2.05, 4.69) is 5.32 Å². The zero-order valence-corrected chi connectivity index (χ0v) is 9.18. The van der Waals surface area contributed by atoms with E-state index >= 15 is 0 Å². The maximum Gasteiger partial charge on any atom is 0.238 e. The Morgan fingerprint density at radius 2 is 2.29 bits per heavy atom. The van der Waals surface area contributed by atoms with Crippen molar-refractivity contribution in [3.8, 4) is 11.8 Å². The van der Waals surface area contributed by atoms with Crippen molar-refractivity contribution in [2.24, 2.45) is 0 Å². The molecule has 1 saturated heterocycles. The zero-order valence-electron chi connectivity index (χ0n) is 9.18. The fourth-order valence-electron chi connectivity index (χ4n) is 1.40. The monoisotopic (exact) mass is 232 g/mol. The van der Waals surface area contributed by atoms with Gasteiger partial charge in [-0.15, -0.1) is 0 Å². The smallest absolute Gasteiger partial charge is 0.238 e. The van der Waals surface area contributed by atoms with E-state index in [1.165, 1.54) is 0 Å². The van der Waals surface area contributed by atoms with E-state index in [0.717, 1.165) is 0 Å². The van der Waals surface area contributed by atoms with Crippen LogP contribution in [0.25, 0.3) is 0 Å². The van der Waals surface area contributed by atoms with E-state index in [9.17, 15) is 4.79 Å². The summed E-state index contributed by atoms with van der Waals surface area (Å²) in [5, 5.41) is 11.1. The Kier molecular flexibility index (Phi) is 3.58. The highest BCUT2D eigenvalue weighted by Gasteiger charge is 2.21. The first-order valence-electron chi connectivity index (χ1n) is 5.30. The number of nitrogens with one attached hydrogen (secondary N) is 1. The number of amides is 1. The lowest BCUT2D eigenvalue weighted by Crippen LogP contribution is -2.38. The maximum absolute atomic E-state index is 11.3. The predicted octanol–water partition coefficient (Wildman–Crippen LogP) is 1.32. The molecule has 0 saturated carbocycles. The number of benzene rings is 1. The Morgan fingerprint density at radius 3 is 2.94 bits per heavy atom. The minimum atomic E-state index is -0.339. The van der Waals surface area contributed by atoms with E-state index in [-0.39, 0.29) is 18.4 Å². The quantitative estimate of drug-likeness (QED) is 0.849. The van der Waals surface area contributed by atoms with Crippen LogP contribution in [0.2, 0.25) is 0 Å². The van der Waals surface area contributed by atoms with Gasteiger partial charge in [0.15, 0.2) is 0 Å². The van der Waals surface area contributed by atoms with Gasteiger partial charge in [-0.25, -0.2) is 0 Å². The number of para-hydroxylation sites is 2. The van der Waals surface area contributed by atoms with Gasteiger partial charge in [0, 0.05) is 0 Å². The molecule has 0 radical (unpaired) electrons. The topological polar surface area (TPSA) is 71.4 Å². The van der Waals surface area contributed by atoms with Crippen LogP contribution >= 0.6 is 0 Å². The molecule has 1 aromatic rings. The molecule has 0 unspecified atom stereocenters.